The van der Waals surface area contributed by atoms with Crippen LogP contribution in [0.3, 0.4) is 0 Å². The molecule has 0 radical (unpaired) electrons. The first-order valence-electron chi connectivity index (χ1n) is 4.87. The van der Waals surface area contributed by atoms with E-state index in [1.54, 1.807) is 0 Å². The van der Waals surface area contributed by atoms with Gasteiger partial charge in [-0.25, -0.2) is 4.98 Å². The van der Waals surface area contributed by atoms with Gasteiger partial charge in [0.05, 0.1) is 10.3 Å². The van der Waals surface area contributed by atoms with Gasteiger partial charge in [0, 0.05) is 11.8 Å². The molecule has 0 aliphatic heterocycles. The second kappa shape index (κ2) is 5.37. The van der Waals surface area contributed by atoms with Gasteiger partial charge in [-0.2, -0.15) is 0 Å². The number of thiazole rings is 1. The van der Waals surface area contributed by atoms with Crippen LogP contribution in [0.4, 0.5) is 0 Å². The van der Waals surface area contributed by atoms with Gasteiger partial charge in [-0.05, 0) is 5.56 Å². The third-order valence-electron chi connectivity index (χ3n) is 2.16. The van der Waals surface area contributed by atoms with Crippen LogP contribution >= 0.6 is 27.3 Å². The molecule has 16 heavy (non-hydrogen) atoms. The summed E-state index contributed by atoms with van der Waals surface area (Å²) < 4.78 is 0. The molecular weight excluding hydrogens is 286 g/mol. The summed E-state index contributed by atoms with van der Waals surface area (Å²) in [5.41, 5.74) is 1.78. The van der Waals surface area contributed by atoms with Crippen molar-refractivity contribution >= 4 is 33.0 Å². The van der Waals surface area contributed by atoms with Crippen LogP contribution in [-0.2, 0) is 6.42 Å². The van der Waals surface area contributed by atoms with Crippen molar-refractivity contribution in [1.29, 1.82) is 0 Å². The fourth-order valence-corrected chi connectivity index (χ4v) is 2.48. The number of ketones is 1. The zero-order valence-corrected chi connectivity index (χ0v) is 10.9. The lowest BCUT2D eigenvalue weighted by atomic mass is 10.2. The monoisotopic (exact) mass is 295 g/mol. The quantitative estimate of drug-likeness (QED) is 0.640. The van der Waals surface area contributed by atoms with E-state index in [0.29, 0.717) is 11.0 Å². The molecule has 0 aliphatic carbocycles. The standard InChI is InChI=1S/C12H10BrNOS/c13-7-11(15)10-8-16-12(14-10)6-9-4-2-1-3-5-9/h1-5,8H,6-7H2. The van der Waals surface area contributed by atoms with Gasteiger partial charge < -0.3 is 0 Å². The maximum atomic E-state index is 11.4. The number of carbonyl (C=O) groups is 1. The number of Topliss-reactive ketones (excluding diaryl/α,β-unsaturated/α-hetero) is 1. The van der Waals surface area contributed by atoms with Crippen LogP contribution in [0.1, 0.15) is 21.1 Å². The molecule has 0 aliphatic rings. The van der Waals surface area contributed by atoms with Gasteiger partial charge in [0.25, 0.3) is 0 Å². The Morgan fingerprint density at radius 3 is 2.75 bits per heavy atom. The Hall–Kier alpha value is -1.00. The predicted molar refractivity (Wildman–Crippen MR) is 69.5 cm³/mol. The molecule has 82 valence electrons. The van der Waals surface area contributed by atoms with Crippen molar-refractivity contribution in [2.75, 3.05) is 5.33 Å². The molecule has 2 rings (SSSR count). The van der Waals surface area contributed by atoms with E-state index in [4.69, 9.17) is 0 Å². The summed E-state index contributed by atoms with van der Waals surface area (Å²) in [5.74, 6) is 0.0376. The molecule has 0 atom stereocenters. The maximum absolute atomic E-state index is 11.4. The van der Waals surface area contributed by atoms with Crippen LogP contribution in [0, 0.1) is 0 Å². The molecule has 0 N–H and O–H groups in total. The number of hydrogen-bond donors (Lipinski definition) is 0. The Kier molecular flexibility index (Phi) is 3.85. The van der Waals surface area contributed by atoms with E-state index in [9.17, 15) is 4.79 Å². The minimum Gasteiger partial charge on any atom is -0.291 e. The number of hydrogen-bond acceptors (Lipinski definition) is 3. The summed E-state index contributed by atoms with van der Waals surface area (Å²) in [7, 11) is 0. The molecular formula is C12H10BrNOS. The Balaban J connectivity index is 2.12. The summed E-state index contributed by atoms with van der Waals surface area (Å²) in [5, 5.41) is 3.14. The van der Waals surface area contributed by atoms with Crippen LogP contribution in [0.25, 0.3) is 0 Å². The van der Waals surface area contributed by atoms with E-state index >= 15 is 0 Å². The van der Waals surface area contributed by atoms with Crippen molar-refractivity contribution in [2.24, 2.45) is 0 Å². The van der Waals surface area contributed by atoms with Crippen molar-refractivity contribution < 1.29 is 4.79 Å². The minimum absolute atomic E-state index is 0.0376. The predicted octanol–water partition coefficient (Wildman–Crippen LogP) is 3.31. The number of aromatic nitrogens is 1. The highest BCUT2D eigenvalue weighted by Gasteiger charge is 2.09. The van der Waals surface area contributed by atoms with E-state index in [1.807, 2.05) is 23.6 Å². The second-order valence-corrected chi connectivity index (χ2v) is 4.85. The van der Waals surface area contributed by atoms with E-state index in [2.05, 4.69) is 33.0 Å². The van der Waals surface area contributed by atoms with Crippen LogP contribution in [0.2, 0.25) is 0 Å². The van der Waals surface area contributed by atoms with E-state index in [-0.39, 0.29) is 5.78 Å². The van der Waals surface area contributed by atoms with Crippen LogP contribution in [0.5, 0.6) is 0 Å². The lowest BCUT2D eigenvalue weighted by molar-refractivity contribution is 0.101. The summed E-state index contributed by atoms with van der Waals surface area (Å²) in [4.78, 5) is 15.7. The number of nitrogens with zero attached hydrogens (tertiary/aromatic N) is 1. The third kappa shape index (κ3) is 2.77. The van der Waals surface area contributed by atoms with E-state index < -0.39 is 0 Å². The lowest BCUT2D eigenvalue weighted by Gasteiger charge is -1.95. The van der Waals surface area contributed by atoms with Crippen molar-refractivity contribution in [3.8, 4) is 0 Å². The second-order valence-electron chi connectivity index (χ2n) is 3.35. The Morgan fingerprint density at radius 2 is 2.06 bits per heavy atom. The van der Waals surface area contributed by atoms with Gasteiger partial charge in [-0.15, -0.1) is 11.3 Å². The van der Waals surface area contributed by atoms with Crippen molar-refractivity contribution in [3.05, 3.63) is 52.0 Å². The highest BCUT2D eigenvalue weighted by molar-refractivity contribution is 9.09. The smallest absolute Gasteiger partial charge is 0.192 e. The highest BCUT2D eigenvalue weighted by atomic mass is 79.9. The van der Waals surface area contributed by atoms with Crippen molar-refractivity contribution in [3.63, 3.8) is 0 Å². The zero-order valence-electron chi connectivity index (χ0n) is 8.52. The van der Waals surface area contributed by atoms with Crippen LogP contribution in [0.15, 0.2) is 35.7 Å². The fourth-order valence-electron chi connectivity index (χ4n) is 1.36. The largest absolute Gasteiger partial charge is 0.291 e. The van der Waals surface area contributed by atoms with E-state index in [1.165, 1.54) is 16.9 Å². The normalized spacial score (nSPS) is 10.3. The Labute approximate surface area is 106 Å². The average molecular weight is 296 g/mol. The highest BCUT2D eigenvalue weighted by Crippen LogP contribution is 2.15. The summed E-state index contributed by atoms with van der Waals surface area (Å²) in [6.07, 6.45) is 0.793. The van der Waals surface area contributed by atoms with E-state index in [0.717, 1.165) is 11.4 Å². The molecule has 0 saturated carbocycles. The van der Waals surface area contributed by atoms with Crippen LogP contribution in [-0.4, -0.2) is 16.1 Å². The fraction of sp³-hybridized carbons (Fsp3) is 0.167. The minimum atomic E-state index is 0.0376. The first-order valence-corrected chi connectivity index (χ1v) is 6.87. The van der Waals surface area contributed by atoms with Gasteiger partial charge in [0.2, 0.25) is 0 Å². The third-order valence-corrected chi connectivity index (χ3v) is 3.52. The molecule has 0 amide bonds. The van der Waals surface area contributed by atoms with Crippen molar-refractivity contribution in [2.45, 2.75) is 6.42 Å². The summed E-state index contributed by atoms with van der Waals surface area (Å²) in [6, 6.07) is 10.1. The molecule has 2 nitrogen and oxygen atoms in total. The number of carbonyl (C=O) groups excluding carboxylic acids is 1. The molecule has 4 heteroatoms. The lowest BCUT2D eigenvalue weighted by Crippen LogP contribution is -2.00. The molecule has 0 bridgehead atoms. The van der Waals surface area contributed by atoms with Gasteiger partial charge in [-0.1, -0.05) is 46.3 Å². The molecule has 1 heterocycles. The van der Waals surface area contributed by atoms with Crippen molar-refractivity contribution in [1.82, 2.24) is 4.98 Å². The molecule has 0 fully saturated rings. The Bertz CT molecular complexity index is 481. The zero-order chi connectivity index (χ0) is 11.4. The number of halogens is 1. The molecule has 2 aromatic rings. The topological polar surface area (TPSA) is 30.0 Å². The molecule has 1 aromatic carbocycles. The Morgan fingerprint density at radius 1 is 1.31 bits per heavy atom. The number of alkyl halides is 1. The van der Waals surface area contributed by atoms with Gasteiger partial charge in [0.15, 0.2) is 5.78 Å². The molecule has 0 saturated heterocycles. The molecule has 0 unspecified atom stereocenters. The molecule has 1 aromatic heterocycles. The average Bonchev–Trinajstić information content (AvgIpc) is 2.78. The van der Waals surface area contributed by atoms with Gasteiger partial charge >= 0.3 is 0 Å². The number of benzene rings is 1. The summed E-state index contributed by atoms with van der Waals surface area (Å²) >= 11 is 4.68. The number of rotatable bonds is 4. The van der Waals surface area contributed by atoms with Gasteiger partial charge in [0.1, 0.15) is 5.69 Å². The SMILES string of the molecule is O=C(CBr)c1csc(Cc2ccccc2)n1. The summed E-state index contributed by atoms with van der Waals surface area (Å²) in [6.45, 7) is 0. The first kappa shape index (κ1) is 11.5. The first-order chi connectivity index (χ1) is 7.79. The molecule has 0 spiro atoms. The maximum Gasteiger partial charge on any atom is 0.192 e. The van der Waals surface area contributed by atoms with Gasteiger partial charge in [-0.3, -0.25) is 4.79 Å². The van der Waals surface area contributed by atoms with Crippen LogP contribution < -0.4 is 0 Å².